The first-order chi connectivity index (χ1) is 13.9. The number of alkyl halides is 3. The fraction of sp³-hybridized carbons (Fsp3) is 0.500. The third kappa shape index (κ3) is 3.51. The van der Waals surface area contributed by atoms with Crippen molar-refractivity contribution in [2.45, 2.75) is 56.7 Å². The zero-order valence-corrected chi connectivity index (χ0v) is 16.0. The summed E-state index contributed by atoms with van der Waals surface area (Å²) in [6.45, 7) is 2.26. The van der Waals surface area contributed by atoms with Gasteiger partial charge in [0.05, 0.1) is 6.61 Å². The van der Waals surface area contributed by atoms with E-state index in [-0.39, 0.29) is 5.56 Å². The topological polar surface area (TPSA) is 34.6 Å². The molecule has 0 radical (unpaired) electrons. The van der Waals surface area contributed by atoms with E-state index >= 15 is 0 Å². The van der Waals surface area contributed by atoms with E-state index in [2.05, 4.69) is 9.88 Å². The monoisotopic (exact) mass is 404 g/mol. The van der Waals surface area contributed by atoms with Gasteiger partial charge in [-0.2, -0.15) is 13.2 Å². The minimum atomic E-state index is -4.50. The Balaban J connectivity index is 1.36. The molecule has 0 N–H and O–H groups in total. The molecule has 0 amide bonds. The lowest BCUT2D eigenvalue weighted by Gasteiger charge is -2.47. The zero-order valence-electron chi connectivity index (χ0n) is 16.0. The van der Waals surface area contributed by atoms with Crippen molar-refractivity contribution >= 4 is 0 Å². The molecule has 154 valence electrons. The molecule has 2 aliphatic heterocycles. The van der Waals surface area contributed by atoms with Crippen molar-refractivity contribution in [2.75, 3.05) is 13.1 Å². The van der Waals surface area contributed by atoms with Gasteiger partial charge >= 0.3 is 6.18 Å². The molecular weight excluding hydrogens is 381 g/mol. The highest BCUT2D eigenvalue weighted by Crippen LogP contribution is 2.42. The van der Waals surface area contributed by atoms with Gasteiger partial charge in [-0.1, -0.05) is 18.6 Å². The molecule has 3 heterocycles. The maximum Gasteiger partial charge on any atom is 0.433 e. The van der Waals surface area contributed by atoms with Gasteiger partial charge in [0.15, 0.2) is 5.69 Å². The van der Waals surface area contributed by atoms with Gasteiger partial charge < -0.3 is 9.47 Å². The smallest absolute Gasteiger partial charge is 0.433 e. The van der Waals surface area contributed by atoms with Crippen molar-refractivity contribution in [1.82, 2.24) is 9.88 Å². The Morgan fingerprint density at radius 3 is 2.59 bits per heavy atom. The third-order valence-electron chi connectivity index (χ3n) is 6.39. The summed E-state index contributed by atoms with van der Waals surface area (Å²) in [5.41, 5.74) is 0.424. The second kappa shape index (κ2) is 6.99. The van der Waals surface area contributed by atoms with Crippen molar-refractivity contribution in [3.8, 4) is 16.9 Å². The van der Waals surface area contributed by atoms with Crippen LogP contribution in [0.1, 0.15) is 43.4 Å². The van der Waals surface area contributed by atoms with E-state index in [1.165, 1.54) is 31.4 Å². The van der Waals surface area contributed by atoms with Gasteiger partial charge in [0, 0.05) is 49.3 Å². The first-order valence-corrected chi connectivity index (χ1v) is 10.2. The van der Waals surface area contributed by atoms with Gasteiger partial charge in [-0.25, -0.2) is 0 Å². The van der Waals surface area contributed by atoms with Crippen molar-refractivity contribution < 1.29 is 22.6 Å². The van der Waals surface area contributed by atoms with Crippen LogP contribution in [0.3, 0.4) is 0 Å². The van der Waals surface area contributed by atoms with E-state index in [0.29, 0.717) is 24.0 Å². The van der Waals surface area contributed by atoms with Crippen LogP contribution in [-0.4, -0.2) is 34.8 Å². The van der Waals surface area contributed by atoms with Gasteiger partial charge in [0.25, 0.3) is 0 Å². The average Bonchev–Trinajstić information content (AvgIpc) is 2.67. The molecule has 5 rings (SSSR count). The van der Waals surface area contributed by atoms with E-state index in [4.69, 9.17) is 9.47 Å². The Morgan fingerprint density at radius 1 is 1.10 bits per heavy atom. The number of ether oxygens (including phenoxy) is 2. The van der Waals surface area contributed by atoms with E-state index in [0.717, 1.165) is 37.7 Å². The molecule has 1 aromatic carbocycles. The minimum absolute atomic E-state index is 0.0666. The summed E-state index contributed by atoms with van der Waals surface area (Å²) in [4.78, 5) is 6.08. The van der Waals surface area contributed by atoms with Crippen molar-refractivity contribution in [3.63, 3.8) is 0 Å². The Morgan fingerprint density at radius 2 is 1.90 bits per heavy atom. The SMILES string of the molecule is FC(F)(F)c1ncccc1-c1ccc2c(c1)COC1(CCN(C3CCC3)CC1)O2. The summed E-state index contributed by atoms with van der Waals surface area (Å²) in [7, 11) is 0. The van der Waals surface area contributed by atoms with Crippen LogP contribution in [0.2, 0.25) is 0 Å². The second-order valence-corrected chi connectivity index (χ2v) is 8.14. The van der Waals surface area contributed by atoms with Crippen LogP contribution >= 0.6 is 0 Å². The van der Waals surface area contributed by atoms with Gasteiger partial charge in [-0.3, -0.25) is 9.88 Å². The Kier molecular flexibility index (Phi) is 4.55. The molecule has 1 spiro atoms. The van der Waals surface area contributed by atoms with Gasteiger partial charge in [0.2, 0.25) is 5.79 Å². The Labute approximate surface area is 167 Å². The Bertz CT molecular complexity index is 903. The van der Waals surface area contributed by atoms with E-state index in [1.807, 2.05) is 0 Å². The highest BCUT2D eigenvalue weighted by molar-refractivity contribution is 5.68. The highest BCUT2D eigenvalue weighted by Gasteiger charge is 2.43. The summed E-state index contributed by atoms with van der Waals surface area (Å²) in [6.07, 6.45) is 2.18. The number of likely N-dealkylation sites (tertiary alicyclic amines) is 1. The van der Waals surface area contributed by atoms with Gasteiger partial charge in [0.1, 0.15) is 5.75 Å². The van der Waals surface area contributed by atoms with Crippen molar-refractivity contribution in [3.05, 3.63) is 47.8 Å². The normalized spacial score (nSPS) is 22.0. The molecule has 3 aliphatic rings. The molecule has 1 aromatic heterocycles. The van der Waals surface area contributed by atoms with Crippen LogP contribution in [0, 0.1) is 0 Å². The predicted octanol–water partition coefficient (Wildman–Crippen LogP) is 5.02. The number of hydrogen-bond donors (Lipinski definition) is 0. The van der Waals surface area contributed by atoms with E-state index in [9.17, 15) is 13.2 Å². The molecule has 0 bridgehead atoms. The van der Waals surface area contributed by atoms with Crippen LogP contribution in [-0.2, 0) is 17.5 Å². The maximum atomic E-state index is 13.3. The third-order valence-corrected chi connectivity index (χ3v) is 6.39. The number of piperidine rings is 1. The lowest BCUT2D eigenvalue weighted by Crippen LogP contribution is -2.54. The molecule has 0 atom stereocenters. The summed E-state index contributed by atoms with van der Waals surface area (Å²) in [5.74, 6) is 0.0924. The molecule has 1 saturated carbocycles. The van der Waals surface area contributed by atoms with Crippen molar-refractivity contribution in [2.24, 2.45) is 0 Å². The fourth-order valence-electron chi connectivity index (χ4n) is 4.49. The molecule has 0 unspecified atom stereocenters. The average molecular weight is 404 g/mol. The number of rotatable bonds is 2. The van der Waals surface area contributed by atoms with Crippen LogP contribution in [0.25, 0.3) is 11.1 Å². The fourth-order valence-corrected chi connectivity index (χ4v) is 4.49. The molecule has 29 heavy (non-hydrogen) atoms. The van der Waals surface area contributed by atoms with Crippen LogP contribution in [0.5, 0.6) is 5.75 Å². The summed E-state index contributed by atoms with van der Waals surface area (Å²) in [6, 6.07) is 8.83. The predicted molar refractivity (Wildman–Crippen MR) is 101 cm³/mol. The molecule has 7 heteroatoms. The van der Waals surface area contributed by atoms with Crippen molar-refractivity contribution in [1.29, 1.82) is 0 Å². The number of fused-ring (bicyclic) bond motifs is 1. The van der Waals surface area contributed by atoms with E-state index in [1.54, 1.807) is 18.2 Å². The molecule has 2 fully saturated rings. The maximum absolute atomic E-state index is 13.3. The quantitative estimate of drug-likeness (QED) is 0.704. The number of benzene rings is 1. The van der Waals surface area contributed by atoms with Gasteiger partial charge in [-0.05, 0) is 36.6 Å². The summed E-state index contributed by atoms with van der Waals surface area (Å²) in [5, 5.41) is 0. The Hall–Kier alpha value is -2.12. The number of hydrogen-bond acceptors (Lipinski definition) is 4. The lowest BCUT2D eigenvalue weighted by molar-refractivity contribution is -0.231. The minimum Gasteiger partial charge on any atom is -0.462 e. The first kappa shape index (κ1) is 18.9. The summed E-state index contributed by atoms with van der Waals surface area (Å²) < 4.78 is 52.3. The van der Waals surface area contributed by atoms with Crippen LogP contribution in [0.15, 0.2) is 36.5 Å². The molecule has 1 saturated heterocycles. The highest BCUT2D eigenvalue weighted by atomic mass is 19.4. The zero-order chi connectivity index (χ0) is 20.1. The second-order valence-electron chi connectivity index (χ2n) is 8.14. The summed E-state index contributed by atoms with van der Waals surface area (Å²) >= 11 is 0. The first-order valence-electron chi connectivity index (χ1n) is 10.2. The lowest BCUT2D eigenvalue weighted by atomic mass is 9.89. The largest absolute Gasteiger partial charge is 0.462 e. The van der Waals surface area contributed by atoms with E-state index < -0.39 is 17.7 Å². The van der Waals surface area contributed by atoms with Crippen LogP contribution in [0.4, 0.5) is 13.2 Å². The van der Waals surface area contributed by atoms with Crippen LogP contribution < -0.4 is 4.74 Å². The van der Waals surface area contributed by atoms with Gasteiger partial charge in [-0.15, -0.1) is 0 Å². The molecule has 2 aromatic rings. The number of aromatic nitrogens is 1. The number of halogens is 3. The number of nitrogens with zero attached hydrogens (tertiary/aromatic N) is 2. The molecule has 1 aliphatic carbocycles. The number of pyridine rings is 1. The molecule has 4 nitrogen and oxygen atoms in total. The molecular formula is C22H23F3N2O2. The standard InChI is InChI=1S/C22H23F3N2O2/c23-22(24,25)20-18(5-2-10-26-20)15-6-7-19-16(13-15)14-28-21(29-19)8-11-27(12-9-21)17-3-1-4-17/h2,5-7,10,13,17H,1,3-4,8-9,11-12,14H2.